The van der Waals surface area contributed by atoms with Gasteiger partial charge in [0, 0.05) is 0 Å². The van der Waals surface area contributed by atoms with E-state index in [-0.39, 0.29) is 30.5 Å². The maximum Gasteiger partial charge on any atom is 4.00 e. The van der Waals surface area contributed by atoms with E-state index in [4.69, 9.17) is 91.9 Å². The zero-order chi connectivity index (χ0) is 21.5. The first-order valence-electron chi connectivity index (χ1n) is 3.29. The zero-order valence-corrected chi connectivity index (χ0v) is 12.7. The second-order valence-electron chi connectivity index (χ2n) is 1.34. The Labute approximate surface area is 153 Å². The summed E-state index contributed by atoms with van der Waals surface area (Å²) in [6.45, 7) is 0. The summed E-state index contributed by atoms with van der Waals surface area (Å²) >= 11 is 0. The van der Waals surface area contributed by atoms with Crippen LogP contribution in [0.25, 0.3) is 0 Å². The van der Waals surface area contributed by atoms with E-state index in [9.17, 15) is 0 Å². The third-order valence-electron chi connectivity index (χ3n) is 0. The Balaban J connectivity index is -0.0000000245. The molecule has 0 bridgehead atoms. The smallest absolute Gasteiger partial charge is 0.356 e. The van der Waals surface area contributed by atoms with Gasteiger partial charge in [-0.25, -0.2) is 0 Å². The van der Waals surface area contributed by atoms with Gasteiger partial charge in [-0.05, 0) is 0 Å². The minimum Gasteiger partial charge on any atom is -0.356 e. The fraction of sp³-hybridized carbons (Fsp3) is 0. The van der Waals surface area contributed by atoms with Crippen molar-refractivity contribution in [1.29, 1.82) is 0 Å². The zero-order valence-electron chi connectivity index (χ0n) is 11.2. The van der Waals surface area contributed by atoms with Gasteiger partial charge in [-0.1, -0.05) is 0 Å². The molecule has 0 aliphatic rings. The summed E-state index contributed by atoms with van der Waals surface area (Å²) in [5.74, 6) is 0. The molecule has 0 fully saturated rings. The van der Waals surface area contributed by atoms with E-state index in [1.54, 1.807) is 0 Å². The van der Waals surface area contributed by atoms with Crippen LogP contribution in [0.1, 0.15) is 0 Å². The quantitative estimate of drug-likeness (QED) is 0.243. The van der Waals surface area contributed by atoms with Crippen LogP contribution in [0.15, 0.2) is 0 Å². The van der Waals surface area contributed by atoms with Crippen LogP contribution in [0.2, 0.25) is 0 Å². The third-order valence-corrected chi connectivity index (χ3v) is 0. The number of hydrogen-bond acceptors (Lipinski definition) is 18. The summed E-state index contributed by atoms with van der Waals surface area (Å²) in [6, 6.07) is 0. The molecule has 0 unspecified atom stereocenters. The first-order valence-corrected chi connectivity index (χ1v) is 3.29. The second-order valence-corrected chi connectivity index (χ2v) is 1.34. The minimum atomic E-state index is -1.75. The topological polar surface area (TPSA) is 397 Å². The molecular formula is CMgN6O18. The van der Waals surface area contributed by atoms with Crippen molar-refractivity contribution < 1.29 is 30.5 Å². The fourth-order valence-corrected chi connectivity index (χ4v) is 0. The predicted octanol–water partition coefficient (Wildman–Crippen LogP) is -1.73. The van der Waals surface area contributed by atoms with Crippen molar-refractivity contribution in [3.05, 3.63) is 99.4 Å². The molecule has 0 heterocycles. The average molecular weight is 408 g/mol. The predicted molar refractivity (Wildman–Crippen MR) is 71.2 cm³/mol. The van der Waals surface area contributed by atoms with Gasteiger partial charge in [0.2, 0.25) is 0 Å². The van der Waals surface area contributed by atoms with Crippen molar-refractivity contribution in [3.63, 3.8) is 0 Å². The molecule has 0 radical (unpaired) electrons. The van der Waals surface area contributed by atoms with Gasteiger partial charge in [0.25, 0.3) is 0 Å². The van der Waals surface area contributed by atoms with E-state index < -0.39 is 30.5 Å². The molecule has 0 aromatic rings. The Morgan fingerprint density at radius 3 is 0.308 bits per heavy atom. The molecule has 26 heavy (non-hydrogen) atoms. The van der Waals surface area contributed by atoms with E-state index in [0.29, 0.717) is 0 Å². The van der Waals surface area contributed by atoms with Crippen LogP contribution in [-0.4, -0.2) is 53.6 Å². The molecular weight excluding hydrogens is 408 g/mol. The van der Waals surface area contributed by atoms with Crippen LogP contribution in [0, 0.1) is 99.4 Å². The fourth-order valence-electron chi connectivity index (χ4n) is 0. The summed E-state index contributed by atoms with van der Waals surface area (Å²) in [7, 11) is 0. The summed E-state index contributed by atoms with van der Waals surface area (Å²) in [4.78, 5) is 49.5. The normalized spacial score (nSPS) is 5.54. The summed E-state index contributed by atoms with van der Waals surface area (Å²) in [5, 5.41) is 88.5. The van der Waals surface area contributed by atoms with Crippen LogP contribution in [0.3, 0.4) is 0 Å². The van der Waals surface area contributed by atoms with Gasteiger partial charge in [-0.2, -0.15) is 0 Å². The van der Waals surface area contributed by atoms with Crippen LogP contribution >= 0.6 is 0 Å². The Bertz CT molecular complexity index is 263. The maximum atomic E-state index is 8.25. The van der Waals surface area contributed by atoms with Gasteiger partial charge in [0.15, 0.2) is 0 Å². The standard InChI is InChI=1S/C.Mg.6NO3/c;;6*2-1(3)4/q+4;+2;6*-1. The third kappa shape index (κ3) is 441. The molecule has 0 N–H and O–H groups in total. The molecule has 0 spiro atoms. The van der Waals surface area contributed by atoms with Crippen molar-refractivity contribution in [2.45, 2.75) is 0 Å². The molecule has 144 valence electrons. The molecule has 0 aromatic carbocycles. The molecule has 24 nitrogen and oxygen atoms in total. The molecule has 0 amide bonds. The Morgan fingerprint density at radius 2 is 0.308 bits per heavy atom. The Morgan fingerprint density at radius 1 is 0.308 bits per heavy atom. The average Bonchev–Trinajstić information content (AvgIpc) is 2.08. The van der Waals surface area contributed by atoms with Gasteiger partial charge >= 0.3 is 30.5 Å². The maximum absolute atomic E-state index is 8.25. The number of rotatable bonds is 0. The van der Waals surface area contributed by atoms with Crippen molar-refractivity contribution in [2.24, 2.45) is 0 Å². The Kier molecular flexibility index (Phi) is 81.6. The van der Waals surface area contributed by atoms with Crippen molar-refractivity contribution in [1.82, 2.24) is 0 Å². The first kappa shape index (κ1) is 49.5. The van der Waals surface area contributed by atoms with Gasteiger partial charge < -0.3 is 91.9 Å². The van der Waals surface area contributed by atoms with E-state index in [2.05, 4.69) is 0 Å². The summed E-state index contributed by atoms with van der Waals surface area (Å²) < 4.78 is 0. The Hall–Kier alpha value is -4.03. The molecule has 0 saturated heterocycles. The monoisotopic (exact) mass is 408 g/mol. The molecule has 0 aliphatic carbocycles. The van der Waals surface area contributed by atoms with Crippen LogP contribution in [-0.2, 0) is 0 Å². The van der Waals surface area contributed by atoms with Gasteiger partial charge in [-0.15, -0.1) is 0 Å². The van der Waals surface area contributed by atoms with Gasteiger partial charge in [0.05, 0.1) is 30.5 Å². The van der Waals surface area contributed by atoms with Crippen molar-refractivity contribution >= 4 is 23.1 Å². The molecule has 0 atom stereocenters. The second kappa shape index (κ2) is 42.9. The van der Waals surface area contributed by atoms with E-state index in [0.717, 1.165) is 0 Å². The minimum absolute atomic E-state index is 0. The molecule has 0 aromatic heterocycles. The SMILES string of the molecule is O=[N+]([O-])[O-].O=[N+]([O-])[O-].O=[N+]([O-])[O-].O=[N+]([O-])[O-].O=[N+]([O-])[O-].O=[N+]([O-])[O-].[C+4].[Mg+2]. The van der Waals surface area contributed by atoms with Gasteiger partial charge in [0.1, 0.15) is 0 Å². The van der Waals surface area contributed by atoms with E-state index in [1.807, 2.05) is 0 Å². The number of hydrogen-bond donors (Lipinski definition) is 0. The summed E-state index contributed by atoms with van der Waals surface area (Å²) in [5.41, 5.74) is 0. The van der Waals surface area contributed by atoms with Crippen LogP contribution in [0.5, 0.6) is 0 Å². The molecule has 25 heteroatoms. The first-order chi connectivity index (χ1) is 10.4. The van der Waals surface area contributed by atoms with Crippen LogP contribution in [0.4, 0.5) is 0 Å². The van der Waals surface area contributed by atoms with E-state index in [1.165, 1.54) is 0 Å². The largest absolute Gasteiger partial charge is 4.00 e. The molecule has 0 aliphatic heterocycles. The summed E-state index contributed by atoms with van der Waals surface area (Å²) in [6.07, 6.45) is 0. The van der Waals surface area contributed by atoms with Crippen LogP contribution < -0.4 is 0 Å². The van der Waals surface area contributed by atoms with E-state index >= 15 is 0 Å². The van der Waals surface area contributed by atoms with Crippen molar-refractivity contribution in [2.75, 3.05) is 0 Å². The number of nitrogens with zero attached hydrogens (tertiary/aromatic N) is 6. The van der Waals surface area contributed by atoms with Gasteiger partial charge in [-0.3, -0.25) is 0 Å². The van der Waals surface area contributed by atoms with Crippen molar-refractivity contribution in [3.8, 4) is 0 Å². The molecule has 0 rings (SSSR count). The molecule has 0 saturated carbocycles.